The average molecular weight is 439 g/mol. The van der Waals surface area contributed by atoms with Crippen molar-refractivity contribution in [3.8, 4) is 0 Å². The Balaban J connectivity index is 4.54. The molecule has 0 spiro atoms. The number of unbranched alkanes of at least 4 members (excludes halogenated alkanes) is 2. The first kappa shape index (κ1) is 29.4. The van der Waals surface area contributed by atoms with Gasteiger partial charge in [0.1, 0.15) is 24.9 Å². The Morgan fingerprint density at radius 2 is 1.03 bits per heavy atom. The van der Waals surface area contributed by atoms with Gasteiger partial charge < -0.3 is 37.9 Å². The Kier molecular flexibility index (Phi) is 21.1. The zero-order valence-corrected chi connectivity index (χ0v) is 19.4. The van der Waals surface area contributed by atoms with Crippen molar-refractivity contribution in [3.05, 3.63) is 0 Å². The standard InChI is InChI=1S/C21H42O9/c1-23-10-8-6-7-9-18(22)11-28-21(16-29-19(12-24-2)13-25-3)17-30-20(14-26-4)15-27-5/h19-21H,6-17H2,1-5H3. The van der Waals surface area contributed by atoms with Gasteiger partial charge in [-0.3, -0.25) is 4.79 Å². The molecule has 0 aliphatic heterocycles. The summed E-state index contributed by atoms with van der Waals surface area (Å²) in [6.07, 6.45) is 2.37. The van der Waals surface area contributed by atoms with Crippen LogP contribution in [0.25, 0.3) is 0 Å². The zero-order chi connectivity index (χ0) is 22.5. The highest BCUT2D eigenvalue weighted by molar-refractivity contribution is 5.79. The monoisotopic (exact) mass is 438 g/mol. The van der Waals surface area contributed by atoms with Gasteiger partial charge in [-0.1, -0.05) is 6.42 Å². The number of Topliss-reactive ketones (excluding diaryl/α,β-unsaturated/α-hetero) is 1. The molecule has 0 amide bonds. The summed E-state index contributed by atoms with van der Waals surface area (Å²) in [4.78, 5) is 12.1. The van der Waals surface area contributed by atoms with Crippen LogP contribution in [0, 0.1) is 0 Å². The molecule has 0 unspecified atom stereocenters. The first-order valence-electron chi connectivity index (χ1n) is 10.4. The van der Waals surface area contributed by atoms with Gasteiger partial charge in [-0.25, -0.2) is 0 Å². The highest BCUT2D eigenvalue weighted by Crippen LogP contribution is 2.06. The summed E-state index contributed by atoms with van der Waals surface area (Å²) in [6.45, 7) is 2.86. The van der Waals surface area contributed by atoms with Gasteiger partial charge >= 0.3 is 0 Å². The fourth-order valence-electron chi connectivity index (χ4n) is 2.69. The van der Waals surface area contributed by atoms with Crippen molar-refractivity contribution >= 4 is 5.78 Å². The molecule has 0 fully saturated rings. The fraction of sp³-hybridized carbons (Fsp3) is 0.952. The van der Waals surface area contributed by atoms with Crippen LogP contribution in [0.1, 0.15) is 25.7 Å². The number of rotatable bonds is 23. The second-order valence-electron chi connectivity index (χ2n) is 7.01. The second kappa shape index (κ2) is 21.6. The van der Waals surface area contributed by atoms with Gasteiger partial charge in [0, 0.05) is 48.6 Å². The summed E-state index contributed by atoms with van der Waals surface area (Å²) < 4.78 is 43.1. The van der Waals surface area contributed by atoms with E-state index in [1.54, 1.807) is 35.5 Å². The first-order chi connectivity index (χ1) is 14.6. The summed E-state index contributed by atoms with van der Waals surface area (Å²) >= 11 is 0. The van der Waals surface area contributed by atoms with Crippen molar-refractivity contribution in [1.82, 2.24) is 0 Å². The van der Waals surface area contributed by atoms with E-state index in [0.29, 0.717) is 32.8 Å². The molecule has 0 bridgehead atoms. The number of methoxy groups -OCH3 is 5. The van der Waals surface area contributed by atoms with E-state index in [2.05, 4.69) is 0 Å². The van der Waals surface area contributed by atoms with Crippen LogP contribution in [0.2, 0.25) is 0 Å². The molecule has 180 valence electrons. The van der Waals surface area contributed by atoms with Crippen molar-refractivity contribution in [1.29, 1.82) is 0 Å². The van der Waals surface area contributed by atoms with E-state index in [-0.39, 0.29) is 37.8 Å². The van der Waals surface area contributed by atoms with Crippen molar-refractivity contribution in [2.45, 2.75) is 44.0 Å². The van der Waals surface area contributed by atoms with Crippen LogP contribution in [0.15, 0.2) is 0 Å². The maximum absolute atomic E-state index is 12.1. The smallest absolute Gasteiger partial charge is 0.158 e. The molecule has 0 heterocycles. The van der Waals surface area contributed by atoms with Gasteiger partial charge in [0.05, 0.1) is 39.6 Å². The number of ether oxygens (including phenoxy) is 8. The Bertz CT molecular complexity index is 349. The van der Waals surface area contributed by atoms with Crippen molar-refractivity contribution < 1.29 is 42.7 Å². The Morgan fingerprint density at radius 3 is 1.47 bits per heavy atom. The van der Waals surface area contributed by atoms with Crippen LogP contribution >= 0.6 is 0 Å². The average Bonchev–Trinajstić information content (AvgIpc) is 2.73. The van der Waals surface area contributed by atoms with Gasteiger partial charge in [0.15, 0.2) is 5.78 Å². The maximum atomic E-state index is 12.1. The third-order valence-corrected chi connectivity index (χ3v) is 4.23. The molecule has 30 heavy (non-hydrogen) atoms. The molecule has 0 aliphatic carbocycles. The quantitative estimate of drug-likeness (QED) is 0.220. The second-order valence-corrected chi connectivity index (χ2v) is 7.01. The summed E-state index contributed by atoms with van der Waals surface area (Å²) in [6, 6.07) is 0. The molecular formula is C21H42O9. The molecule has 0 aromatic rings. The predicted molar refractivity (Wildman–Crippen MR) is 112 cm³/mol. The lowest BCUT2D eigenvalue weighted by Crippen LogP contribution is -2.36. The Morgan fingerprint density at radius 1 is 0.567 bits per heavy atom. The van der Waals surface area contributed by atoms with Gasteiger partial charge in [0.2, 0.25) is 0 Å². The zero-order valence-electron chi connectivity index (χ0n) is 19.4. The van der Waals surface area contributed by atoms with E-state index in [1.165, 1.54) is 0 Å². The molecule has 0 saturated heterocycles. The molecule has 0 aromatic carbocycles. The molecule has 0 rings (SSSR count). The van der Waals surface area contributed by atoms with Crippen molar-refractivity contribution in [2.75, 3.05) is 88.4 Å². The van der Waals surface area contributed by atoms with Crippen LogP contribution in [-0.2, 0) is 42.7 Å². The van der Waals surface area contributed by atoms with Gasteiger partial charge in [0.25, 0.3) is 0 Å². The molecule has 0 saturated carbocycles. The van der Waals surface area contributed by atoms with Gasteiger partial charge in [-0.2, -0.15) is 0 Å². The number of hydrogen-bond acceptors (Lipinski definition) is 9. The topological polar surface area (TPSA) is 90.9 Å². The predicted octanol–water partition coefficient (Wildman–Crippen LogP) is 1.50. The molecule has 0 aromatic heterocycles. The Labute approximate surface area is 181 Å². The van der Waals surface area contributed by atoms with E-state index in [0.717, 1.165) is 25.9 Å². The summed E-state index contributed by atoms with van der Waals surface area (Å²) in [5, 5.41) is 0. The first-order valence-corrected chi connectivity index (χ1v) is 10.4. The Hall–Kier alpha value is -0.650. The van der Waals surface area contributed by atoms with Gasteiger partial charge in [-0.05, 0) is 12.8 Å². The van der Waals surface area contributed by atoms with Crippen LogP contribution < -0.4 is 0 Å². The molecule has 0 atom stereocenters. The molecular weight excluding hydrogens is 396 g/mol. The maximum Gasteiger partial charge on any atom is 0.158 e. The summed E-state index contributed by atoms with van der Waals surface area (Å²) in [7, 11) is 8.10. The molecule has 0 radical (unpaired) electrons. The van der Waals surface area contributed by atoms with Crippen molar-refractivity contribution in [2.24, 2.45) is 0 Å². The largest absolute Gasteiger partial charge is 0.385 e. The van der Waals surface area contributed by atoms with E-state index < -0.39 is 6.10 Å². The summed E-state index contributed by atoms with van der Waals surface area (Å²) in [5.41, 5.74) is 0. The highest BCUT2D eigenvalue weighted by atomic mass is 16.6. The number of ketones is 1. The molecule has 0 N–H and O–H groups in total. The van der Waals surface area contributed by atoms with Gasteiger partial charge in [-0.15, -0.1) is 0 Å². The third-order valence-electron chi connectivity index (χ3n) is 4.23. The lowest BCUT2D eigenvalue weighted by Gasteiger charge is -2.24. The normalized spacial score (nSPS) is 11.9. The van der Waals surface area contributed by atoms with Crippen LogP contribution in [-0.4, -0.2) is 112 Å². The minimum Gasteiger partial charge on any atom is -0.385 e. The van der Waals surface area contributed by atoms with E-state index in [4.69, 9.17) is 37.9 Å². The molecule has 9 heteroatoms. The molecule has 0 aliphatic rings. The van der Waals surface area contributed by atoms with Crippen LogP contribution in [0.3, 0.4) is 0 Å². The summed E-state index contributed by atoms with van der Waals surface area (Å²) in [5.74, 6) is 0.0630. The third kappa shape index (κ3) is 17.1. The highest BCUT2D eigenvalue weighted by Gasteiger charge is 2.19. The minimum atomic E-state index is -0.408. The lowest BCUT2D eigenvalue weighted by atomic mass is 10.1. The minimum absolute atomic E-state index is 0.0279. The molecule has 9 nitrogen and oxygen atoms in total. The van der Waals surface area contributed by atoms with Crippen LogP contribution in [0.5, 0.6) is 0 Å². The SMILES string of the molecule is COCCCCCC(=O)COC(COC(COC)COC)COC(COC)COC. The van der Waals surface area contributed by atoms with E-state index in [9.17, 15) is 4.79 Å². The van der Waals surface area contributed by atoms with E-state index >= 15 is 0 Å². The number of carbonyl (C=O) groups is 1. The van der Waals surface area contributed by atoms with Crippen LogP contribution in [0.4, 0.5) is 0 Å². The number of hydrogen-bond donors (Lipinski definition) is 0. The lowest BCUT2D eigenvalue weighted by molar-refractivity contribution is -0.139. The number of carbonyl (C=O) groups excluding carboxylic acids is 1. The fourth-order valence-corrected chi connectivity index (χ4v) is 2.69. The van der Waals surface area contributed by atoms with E-state index in [1.807, 2.05) is 0 Å². The van der Waals surface area contributed by atoms with Crippen molar-refractivity contribution in [3.63, 3.8) is 0 Å².